The zero-order valence-electron chi connectivity index (χ0n) is 13.7. The van der Waals surface area contributed by atoms with Crippen molar-refractivity contribution in [2.75, 3.05) is 0 Å². The summed E-state index contributed by atoms with van der Waals surface area (Å²) in [5, 5.41) is 14.6. The first-order valence-corrected chi connectivity index (χ1v) is 9.16. The number of furan rings is 1. The van der Waals surface area contributed by atoms with Crippen molar-refractivity contribution in [3.8, 4) is 0 Å². The van der Waals surface area contributed by atoms with Crippen molar-refractivity contribution in [2.24, 2.45) is 11.0 Å². The number of hydrogen-bond acceptors (Lipinski definition) is 6. The Balaban J connectivity index is 1.72. The largest absolute Gasteiger partial charge is 0.460 e. The Hall–Kier alpha value is -2.68. The van der Waals surface area contributed by atoms with Crippen molar-refractivity contribution < 1.29 is 17.8 Å². The first kappa shape index (κ1) is 17.2. The zero-order valence-corrected chi connectivity index (χ0v) is 14.5. The topological polar surface area (TPSA) is 115 Å². The van der Waals surface area contributed by atoms with Gasteiger partial charge in [0.15, 0.2) is 0 Å². The number of nitro benzene ring substituents is 1. The van der Waals surface area contributed by atoms with Crippen LogP contribution >= 0.6 is 0 Å². The van der Waals surface area contributed by atoms with Crippen LogP contribution < -0.4 is 4.83 Å². The van der Waals surface area contributed by atoms with Gasteiger partial charge in [0, 0.05) is 17.5 Å². The van der Waals surface area contributed by atoms with E-state index in [0.717, 1.165) is 18.2 Å². The van der Waals surface area contributed by atoms with Gasteiger partial charge in [0.2, 0.25) is 0 Å². The highest BCUT2D eigenvalue weighted by molar-refractivity contribution is 7.89. The molecule has 3 rings (SSSR count). The molecular weight excluding hydrogens is 346 g/mol. The third-order valence-electron chi connectivity index (χ3n) is 4.17. The van der Waals surface area contributed by atoms with E-state index in [4.69, 9.17) is 4.42 Å². The second-order valence-corrected chi connectivity index (χ2v) is 7.78. The second kappa shape index (κ2) is 6.32. The molecule has 1 saturated carbocycles. The van der Waals surface area contributed by atoms with Crippen molar-refractivity contribution in [1.82, 2.24) is 4.83 Å². The molecule has 0 bridgehead atoms. The van der Waals surface area contributed by atoms with Gasteiger partial charge in [-0.3, -0.25) is 10.1 Å². The van der Waals surface area contributed by atoms with E-state index in [2.05, 4.69) is 12.0 Å². The molecule has 132 valence electrons. The van der Waals surface area contributed by atoms with Crippen LogP contribution in [0.4, 0.5) is 5.69 Å². The van der Waals surface area contributed by atoms with Gasteiger partial charge in [-0.2, -0.15) is 18.4 Å². The van der Waals surface area contributed by atoms with E-state index >= 15 is 0 Å². The van der Waals surface area contributed by atoms with Crippen molar-refractivity contribution in [3.63, 3.8) is 0 Å². The number of rotatable bonds is 6. The molecule has 0 spiro atoms. The van der Waals surface area contributed by atoms with Crippen molar-refractivity contribution in [2.45, 2.75) is 31.1 Å². The fraction of sp³-hybridized carbons (Fsp3) is 0.312. The minimum absolute atomic E-state index is 0.228. The summed E-state index contributed by atoms with van der Waals surface area (Å²) in [4.78, 5) is 12.1. The molecule has 2 aromatic rings. The quantitative estimate of drug-likeness (QED) is 0.481. The predicted molar refractivity (Wildman–Crippen MR) is 91.0 cm³/mol. The summed E-state index contributed by atoms with van der Waals surface area (Å²) in [5.74, 6) is 2.33. The zero-order chi connectivity index (χ0) is 18.2. The Labute approximate surface area is 144 Å². The Morgan fingerprint density at radius 2 is 2.08 bits per heavy atom. The van der Waals surface area contributed by atoms with Crippen LogP contribution in [0.25, 0.3) is 0 Å². The third kappa shape index (κ3) is 3.71. The Kier molecular flexibility index (Phi) is 4.34. The molecule has 2 atom stereocenters. The summed E-state index contributed by atoms with van der Waals surface area (Å²) in [6.45, 7) is 3.67. The van der Waals surface area contributed by atoms with E-state index in [-0.39, 0.29) is 10.6 Å². The van der Waals surface area contributed by atoms with Crippen molar-refractivity contribution in [1.29, 1.82) is 0 Å². The second-order valence-electron chi connectivity index (χ2n) is 6.12. The van der Waals surface area contributed by atoms with Crippen LogP contribution in [0.5, 0.6) is 0 Å². The smallest absolute Gasteiger partial charge is 0.276 e. The number of aryl methyl sites for hydroxylation is 1. The summed E-state index contributed by atoms with van der Waals surface area (Å²) >= 11 is 0. The van der Waals surface area contributed by atoms with Gasteiger partial charge < -0.3 is 4.42 Å². The van der Waals surface area contributed by atoms with E-state index in [0.29, 0.717) is 23.2 Å². The first-order valence-electron chi connectivity index (χ1n) is 7.67. The Bertz CT molecular complexity index is 948. The van der Waals surface area contributed by atoms with Crippen LogP contribution in [0.1, 0.15) is 36.3 Å². The van der Waals surface area contributed by atoms with Gasteiger partial charge in [-0.25, -0.2) is 0 Å². The number of benzene rings is 1. The van der Waals surface area contributed by atoms with Crippen LogP contribution in [0.3, 0.4) is 0 Å². The minimum Gasteiger partial charge on any atom is -0.460 e. The van der Waals surface area contributed by atoms with Gasteiger partial charge in [-0.15, -0.1) is 0 Å². The molecule has 1 aromatic heterocycles. The summed E-state index contributed by atoms with van der Waals surface area (Å²) in [5.41, 5.74) is 0.117. The molecule has 1 fully saturated rings. The average molecular weight is 363 g/mol. The minimum atomic E-state index is -4.00. The highest BCUT2D eigenvalue weighted by Crippen LogP contribution is 2.47. The molecule has 1 aromatic carbocycles. The number of nitro groups is 1. The summed E-state index contributed by atoms with van der Waals surface area (Å²) in [6, 6.07) is 7.25. The monoisotopic (exact) mass is 363 g/mol. The number of nitrogens with zero attached hydrogens (tertiary/aromatic N) is 2. The van der Waals surface area contributed by atoms with E-state index < -0.39 is 14.9 Å². The lowest BCUT2D eigenvalue weighted by atomic mass is 10.2. The van der Waals surface area contributed by atoms with Crippen LogP contribution in [0, 0.1) is 23.0 Å². The lowest BCUT2D eigenvalue weighted by molar-refractivity contribution is -0.385. The number of hydrogen-bond donors (Lipinski definition) is 1. The average Bonchev–Trinajstić information content (AvgIpc) is 3.08. The molecule has 1 aliphatic carbocycles. The molecule has 25 heavy (non-hydrogen) atoms. The number of sulfonamides is 1. The van der Waals surface area contributed by atoms with Gasteiger partial charge in [0.25, 0.3) is 15.7 Å². The maximum Gasteiger partial charge on any atom is 0.276 e. The van der Waals surface area contributed by atoms with E-state index in [1.54, 1.807) is 6.07 Å². The van der Waals surface area contributed by atoms with Crippen LogP contribution in [0.15, 0.2) is 44.7 Å². The first-order chi connectivity index (χ1) is 11.8. The molecule has 8 nitrogen and oxygen atoms in total. The van der Waals surface area contributed by atoms with Gasteiger partial charge in [-0.05, 0) is 37.5 Å². The summed E-state index contributed by atoms with van der Waals surface area (Å²) in [6.07, 6.45) is 2.35. The summed E-state index contributed by atoms with van der Waals surface area (Å²) < 4.78 is 30.0. The van der Waals surface area contributed by atoms with Crippen LogP contribution in [-0.4, -0.2) is 19.6 Å². The molecule has 1 heterocycles. The molecule has 9 heteroatoms. The summed E-state index contributed by atoms with van der Waals surface area (Å²) in [7, 11) is -4.00. The van der Waals surface area contributed by atoms with E-state index in [9.17, 15) is 18.5 Å². The van der Waals surface area contributed by atoms with E-state index in [1.807, 2.05) is 10.9 Å². The van der Waals surface area contributed by atoms with Crippen LogP contribution in [0.2, 0.25) is 0 Å². The normalized spacial score (nSPS) is 19.9. The molecule has 0 aliphatic heterocycles. The molecule has 0 radical (unpaired) electrons. The lowest BCUT2D eigenvalue weighted by Crippen LogP contribution is -2.18. The van der Waals surface area contributed by atoms with E-state index in [1.165, 1.54) is 25.3 Å². The number of nitrogens with one attached hydrogen (secondary N) is 1. The highest BCUT2D eigenvalue weighted by atomic mass is 32.2. The maximum atomic E-state index is 12.2. The highest BCUT2D eigenvalue weighted by Gasteiger charge is 2.36. The van der Waals surface area contributed by atoms with Crippen LogP contribution in [-0.2, 0) is 10.0 Å². The maximum absolute atomic E-state index is 12.2. The molecule has 0 unspecified atom stereocenters. The SMILES string of the molecule is Cc1ccc(S(=O)(=O)N/N=C\c2ccc([C@@H]3C[C@H]3C)o2)cc1[N+](=O)[O-]. The molecule has 0 amide bonds. The van der Waals surface area contributed by atoms with Gasteiger partial charge in [0.1, 0.15) is 11.5 Å². The van der Waals surface area contributed by atoms with Crippen molar-refractivity contribution >= 4 is 21.9 Å². The third-order valence-corrected chi connectivity index (χ3v) is 5.40. The van der Waals surface area contributed by atoms with Gasteiger partial charge in [-0.1, -0.05) is 13.0 Å². The lowest BCUT2D eigenvalue weighted by Gasteiger charge is -2.04. The molecule has 0 saturated heterocycles. The standard InChI is InChI=1S/C16H17N3O5S/c1-10-3-5-13(8-15(10)19(20)21)25(22,23)18-17-9-12-4-6-16(24-12)14-7-11(14)2/h3-6,8-9,11,14,18H,7H2,1-2H3/b17-9-/t11-,14-/m1/s1. The van der Waals surface area contributed by atoms with Gasteiger partial charge >= 0.3 is 0 Å². The number of hydrazone groups is 1. The predicted octanol–water partition coefficient (Wildman–Crippen LogP) is 2.93. The van der Waals surface area contributed by atoms with Crippen molar-refractivity contribution in [3.05, 3.63) is 57.5 Å². The Morgan fingerprint density at radius 3 is 2.72 bits per heavy atom. The fourth-order valence-electron chi connectivity index (χ4n) is 2.52. The molecule has 1 N–H and O–H groups in total. The van der Waals surface area contributed by atoms with Gasteiger partial charge in [0.05, 0.1) is 16.0 Å². The fourth-order valence-corrected chi connectivity index (χ4v) is 3.33. The molecule has 1 aliphatic rings. The molecular formula is C16H17N3O5S. The Morgan fingerprint density at radius 1 is 1.36 bits per heavy atom.